The Morgan fingerprint density at radius 3 is 1.56 bits per heavy atom. The molecule has 0 bridgehead atoms. The van der Waals surface area contributed by atoms with E-state index in [1.54, 1.807) is 6.92 Å². The van der Waals surface area contributed by atoms with Crippen molar-refractivity contribution in [1.82, 2.24) is 0 Å². The van der Waals surface area contributed by atoms with Crippen LogP contribution in [0.4, 0.5) is 0 Å². The van der Waals surface area contributed by atoms with Gasteiger partial charge in [-0.25, -0.2) is 0 Å². The van der Waals surface area contributed by atoms with E-state index < -0.39 is 18.3 Å². The maximum Gasteiger partial charge on any atom is 0.106 e. The first-order valence-electron chi connectivity index (χ1n) is 5.68. The van der Waals surface area contributed by atoms with Crippen LogP contribution in [0.25, 0.3) is 0 Å². The van der Waals surface area contributed by atoms with Crippen LogP contribution in [0, 0.1) is 5.92 Å². The standard InChI is InChI=1S/C13H22O3/c1-6(2)9-10(7(3)4)13(16)12(15)8(5)11(9)14/h8,11-16H,1-5H3/t8-,11+,12-,13-/m1/s1. The molecule has 92 valence electrons. The minimum atomic E-state index is -0.900. The van der Waals surface area contributed by atoms with Gasteiger partial charge in [0.15, 0.2) is 0 Å². The summed E-state index contributed by atoms with van der Waals surface area (Å²) < 4.78 is 0. The summed E-state index contributed by atoms with van der Waals surface area (Å²) in [5.41, 5.74) is 3.40. The van der Waals surface area contributed by atoms with Crippen LogP contribution in [0.15, 0.2) is 22.3 Å². The quantitative estimate of drug-likeness (QED) is 0.585. The molecule has 1 aliphatic rings. The highest BCUT2D eigenvalue weighted by Gasteiger charge is 2.41. The zero-order valence-corrected chi connectivity index (χ0v) is 10.7. The molecule has 16 heavy (non-hydrogen) atoms. The zero-order valence-electron chi connectivity index (χ0n) is 10.7. The Labute approximate surface area is 97.1 Å². The number of rotatable bonds is 0. The number of aliphatic hydroxyl groups is 3. The molecule has 0 spiro atoms. The van der Waals surface area contributed by atoms with Gasteiger partial charge in [-0.3, -0.25) is 0 Å². The van der Waals surface area contributed by atoms with E-state index >= 15 is 0 Å². The third kappa shape index (κ3) is 2.08. The molecule has 1 fully saturated rings. The third-order valence-electron chi connectivity index (χ3n) is 3.32. The first-order chi connectivity index (χ1) is 7.29. The molecule has 0 radical (unpaired) electrons. The fourth-order valence-electron chi connectivity index (χ4n) is 2.36. The molecule has 3 N–H and O–H groups in total. The van der Waals surface area contributed by atoms with Gasteiger partial charge in [-0.15, -0.1) is 0 Å². The Hall–Kier alpha value is -0.640. The molecule has 3 nitrogen and oxygen atoms in total. The van der Waals surface area contributed by atoms with Crippen LogP contribution in [0.2, 0.25) is 0 Å². The molecule has 0 saturated heterocycles. The van der Waals surface area contributed by atoms with Gasteiger partial charge in [0.2, 0.25) is 0 Å². The Morgan fingerprint density at radius 2 is 1.19 bits per heavy atom. The molecular weight excluding hydrogens is 204 g/mol. The smallest absolute Gasteiger partial charge is 0.106 e. The minimum absolute atomic E-state index is 0.344. The predicted octanol–water partition coefficient (Wildman–Crippen LogP) is 1.39. The van der Waals surface area contributed by atoms with Gasteiger partial charge < -0.3 is 15.3 Å². The Bertz CT molecular complexity index is 299. The van der Waals surface area contributed by atoms with Crippen LogP contribution in [-0.4, -0.2) is 33.6 Å². The van der Waals surface area contributed by atoms with Crippen LogP contribution in [0.1, 0.15) is 34.6 Å². The van der Waals surface area contributed by atoms with Crippen molar-refractivity contribution in [3.05, 3.63) is 22.3 Å². The van der Waals surface area contributed by atoms with E-state index in [9.17, 15) is 15.3 Å². The summed E-state index contributed by atoms with van der Waals surface area (Å²) in [4.78, 5) is 0. The molecule has 0 aliphatic heterocycles. The molecule has 1 aliphatic carbocycles. The zero-order chi connectivity index (χ0) is 12.6. The lowest BCUT2D eigenvalue weighted by Crippen LogP contribution is -2.47. The average molecular weight is 226 g/mol. The second kappa shape index (κ2) is 4.70. The van der Waals surface area contributed by atoms with Crippen LogP contribution in [-0.2, 0) is 0 Å². The highest BCUT2D eigenvalue weighted by molar-refractivity contribution is 5.45. The first-order valence-corrected chi connectivity index (χ1v) is 5.68. The van der Waals surface area contributed by atoms with Crippen LogP contribution in [0.3, 0.4) is 0 Å². The van der Waals surface area contributed by atoms with Crippen molar-refractivity contribution in [1.29, 1.82) is 0 Å². The monoisotopic (exact) mass is 226 g/mol. The number of hydrogen-bond donors (Lipinski definition) is 3. The van der Waals surface area contributed by atoms with Crippen LogP contribution in [0.5, 0.6) is 0 Å². The summed E-state index contributed by atoms with van der Waals surface area (Å²) in [6, 6.07) is 0. The molecule has 0 amide bonds. The summed E-state index contributed by atoms with van der Waals surface area (Å²) >= 11 is 0. The third-order valence-corrected chi connectivity index (χ3v) is 3.32. The molecule has 3 heteroatoms. The van der Waals surface area contributed by atoms with E-state index in [1.807, 2.05) is 27.7 Å². The summed E-state index contributed by atoms with van der Waals surface area (Å²) in [6.07, 6.45) is -2.50. The van der Waals surface area contributed by atoms with Gasteiger partial charge in [-0.1, -0.05) is 18.1 Å². The van der Waals surface area contributed by atoms with Crippen LogP contribution < -0.4 is 0 Å². The Kier molecular flexibility index (Phi) is 3.94. The number of aliphatic hydroxyl groups excluding tert-OH is 3. The van der Waals surface area contributed by atoms with Crippen molar-refractivity contribution < 1.29 is 15.3 Å². The molecule has 0 aromatic heterocycles. The summed E-state index contributed by atoms with van der Waals surface area (Å²) in [5, 5.41) is 30.1. The molecule has 0 heterocycles. The normalized spacial score (nSPS) is 35.2. The number of allylic oxidation sites excluding steroid dienone is 2. The molecule has 0 aromatic rings. The second-order valence-corrected chi connectivity index (χ2v) is 5.07. The highest BCUT2D eigenvalue weighted by Crippen LogP contribution is 2.37. The van der Waals surface area contributed by atoms with E-state index in [-0.39, 0.29) is 5.92 Å². The van der Waals surface area contributed by atoms with Crippen molar-refractivity contribution in [3.8, 4) is 0 Å². The van der Waals surface area contributed by atoms with Crippen molar-refractivity contribution in [3.63, 3.8) is 0 Å². The Morgan fingerprint density at radius 1 is 0.812 bits per heavy atom. The molecule has 1 saturated carbocycles. The summed E-state index contributed by atoms with van der Waals surface area (Å²) in [5.74, 6) is -0.344. The van der Waals surface area contributed by atoms with Crippen molar-refractivity contribution in [2.24, 2.45) is 5.92 Å². The Balaban J connectivity index is 3.35. The molecule has 1 rings (SSSR count). The minimum Gasteiger partial charge on any atom is -0.390 e. The fraction of sp³-hybridized carbons (Fsp3) is 0.692. The van der Waals surface area contributed by atoms with Crippen molar-refractivity contribution in [2.75, 3.05) is 0 Å². The van der Waals surface area contributed by atoms with Gasteiger partial charge in [0.25, 0.3) is 0 Å². The lowest BCUT2D eigenvalue weighted by atomic mass is 9.73. The predicted molar refractivity (Wildman–Crippen MR) is 63.9 cm³/mol. The van der Waals surface area contributed by atoms with E-state index in [0.717, 1.165) is 16.7 Å². The highest BCUT2D eigenvalue weighted by atomic mass is 16.3. The average Bonchev–Trinajstić information content (AvgIpc) is 2.18. The largest absolute Gasteiger partial charge is 0.390 e. The molecule has 4 atom stereocenters. The van der Waals surface area contributed by atoms with Gasteiger partial charge in [0, 0.05) is 5.92 Å². The lowest BCUT2D eigenvalue weighted by Gasteiger charge is -2.39. The van der Waals surface area contributed by atoms with Gasteiger partial charge in [-0.2, -0.15) is 0 Å². The second-order valence-electron chi connectivity index (χ2n) is 5.07. The fourth-order valence-corrected chi connectivity index (χ4v) is 2.36. The lowest BCUT2D eigenvalue weighted by molar-refractivity contribution is -0.0440. The van der Waals surface area contributed by atoms with Gasteiger partial charge >= 0.3 is 0 Å². The van der Waals surface area contributed by atoms with Gasteiger partial charge in [0.1, 0.15) is 6.10 Å². The first kappa shape index (κ1) is 13.4. The van der Waals surface area contributed by atoms with E-state index in [4.69, 9.17) is 0 Å². The van der Waals surface area contributed by atoms with Gasteiger partial charge in [-0.05, 0) is 38.8 Å². The van der Waals surface area contributed by atoms with E-state index in [2.05, 4.69) is 0 Å². The van der Waals surface area contributed by atoms with Crippen LogP contribution >= 0.6 is 0 Å². The maximum atomic E-state index is 10.2. The maximum absolute atomic E-state index is 10.2. The molecular formula is C13H22O3. The van der Waals surface area contributed by atoms with Gasteiger partial charge in [0.05, 0.1) is 12.2 Å². The molecule has 0 aromatic carbocycles. The SMILES string of the molecule is CC(C)=C1C(=C(C)C)[C@@H](O)[C@H](O)[C@H](C)[C@@H]1O. The summed E-state index contributed by atoms with van der Waals surface area (Å²) in [6.45, 7) is 9.36. The topological polar surface area (TPSA) is 60.7 Å². The van der Waals surface area contributed by atoms with Crippen molar-refractivity contribution >= 4 is 0 Å². The molecule has 0 unspecified atom stereocenters. The number of hydrogen-bond acceptors (Lipinski definition) is 3. The van der Waals surface area contributed by atoms with E-state index in [1.165, 1.54) is 0 Å². The van der Waals surface area contributed by atoms with E-state index in [0.29, 0.717) is 5.57 Å². The van der Waals surface area contributed by atoms with Crippen molar-refractivity contribution in [2.45, 2.75) is 52.9 Å². The summed E-state index contributed by atoms with van der Waals surface area (Å²) in [7, 11) is 0.